The number of carboxylic acid groups (broad SMARTS) is 1. The van der Waals surface area contributed by atoms with Crippen LogP contribution in [0.25, 0.3) is 0 Å². The number of carbonyl (C=O) groups is 2. The number of aromatic carboxylic acids is 1. The molecule has 0 unspecified atom stereocenters. The highest BCUT2D eigenvalue weighted by Crippen LogP contribution is 2.20. The summed E-state index contributed by atoms with van der Waals surface area (Å²) in [5.41, 5.74) is 0.476. The zero-order valence-electron chi connectivity index (χ0n) is 22.5. The maximum absolute atomic E-state index is 12.1. The van der Waals surface area contributed by atoms with E-state index in [1.54, 1.807) is 17.0 Å². The van der Waals surface area contributed by atoms with E-state index >= 15 is 0 Å². The lowest BCUT2D eigenvalue weighted by atomic mass is 10.1. The molecule has 11 heteroatoms. The normalized spacial score (nSPS) is 14.5. The first-order valence-electron chi connectivity index (χ1n) is 12.6. The number of carbonyl (C=O) groups excluding carboxylic acids is 1. The van der Waals surface area contributed by atoms with Crippen molar-refractivity contribution in [1.82, 2.24) is 9.80 Å². The van der Waals surface area contributed by atoms with Crippen molar-refractivity contribution in [3.63, 3.8) is 0 Å². The van der Waals surface area contributed by atoms with E-state index in [-0.39, 0.29) is 11.7 Å². The van der Waals surface area contributed by atoms with Gasteiger partial charge < -0.3 is 38.4 Å². The van der Waals surface area contributed by atoms with E-state index < -0.39 is 11.6 Å². The Balaban J connectivity index is 1.39. The maximum Gasteiger partial charge on any atom is 0.410 e. The van der Waals surface area contributed by atoms with Gasteiger partial charge in [0, 0.05) is 32.7 Å². The molecule has 1 aromatic carbocycles. The van der Waals surface area contributed by atoms with Crippen LogP contribution in [0.4, 0.5) is 4.79 Å². The number of methoxy groups -OCH3 is 1. The fourth-order valence-corrected chi connectivity index (χ4v) is 3.53. The van der Waals surface area contributed by atoms with Gasteiger partial charge in [-0.3, -0.25) is 4.90 Å². The van der Waals surface area contributed by atoms with E-state index in [4.69, 9.17) is 33.5 Å². The molecule has 210 valence electrons. The molecule has 0 saturated carbocycles. The van der Waals surface area contributed by atoms with Crippen LogP contribution in [0.5, 0.6) is 5.75 Å². The van der Waals surface area contributed by atoms with E-state index in [1.807, 2.05) is 20.8 Å². The zero-order valence-corrected chi connectivity index (χ0v) is 22.5. The monoisotopic (exact) mass is 526 g/mol. The molecule has 0 atom stereocenters. The highest BCUT2D eigenvalue weighted by molar-refractivity contribution is 5.90. The molecule has 0 radical (unpaired) electrons. The van der Waals surface area contributed by atoms with Crippen molar-refractivity contribution in [2.24, 2.45) is 0 Å². The predicted octanol–water partition coefficient (Wildman–Crippen LogP) is 2.51. The van der Waals surface area contributed by atoms with Gasteiger partial charge in [0.15, 0.2) is 0 Å². The third-order valence-electron chi connectivity index (χ3n) is 5.46. The smallest absolute Gasteiger partial charge is 0.410 e. The van der Waals surface area contributed by atoms with E-state index in [0.29, 0.717) is 71.7 Å². The molecule has 1 aliphatic heterocycles. The minimum absolute atomic E-state index is 0.121. The Hall–Kier alpha value is -2.44. The van der Waals surface area contributed by atoms with Crippen LogP contribution < -0.4 is 4.74 Å². The Labute approximate surface area is 219 Å². The first-order chi connectivity index (χ1) is 17.7. The number of piperazine rings is 1. The summed E-state index contributed by atoms with van der Waals surface area (Å²) in [5.74, 6) is -0.720. The van der Waals surface area contributed by atoms with Crippen molar-refractivity contribution in [3.05, 3.63) is 29.3 Å². The van der Waals surface area contributed by atoms with Gasteiger partial charge in [-0.05, 0) is 38.5 Å². The van der Waals surface area contributed by atoms with Crippen LogP contribution in [0.15, 0.2) is 18.2 Å². The lowest BCUT2D eigenvalue weighted by Crippen LogP contribution is -2.50. The van der Waals surface area contributed by atoms with Crippen molar-refractivity contribution in [2.75, 3.05) is 86.1 Å². The predicted molar refractivity (Wildman–Crippen MR) is 136 cm³/mol. The van der Waals surface area contributed by atoms with Crippen molar-refractivity contribution in [3.8, 4) is 5.75 Å². The lowest BCUT2D eigenvalue weighted by Gasteiger charge is -2.35. The SMILES string of the molecule is COc1cc(COCCOCCOCCOCCN2CCN(C(=O)OC(C)(C)C)CC2)ccc1C(=O)O. The number of hydrogen-bond acceptors (Lipinski definition) is 9. The van der Waals surface area contributed by atoms with Gasteiger partial charge >= 0.3 is 12.1 Å². The second kappa shape index (κ2) is 16.4. The van der Waals surface area contributed by atoms with Crippen LogP contribution in [0.3, 0.4) is 0 Å². The summed E-state index contributed by atoms with van der Waals surface area (Å²) >= 11 is 0. The molecule has 1 heterocycles. The first-order valence-corrected chi connectivity index (χ1v) is 12.6. The largest absolute Gasteiger partial charge is 0.496 e. The molecule has 1 N–H and O–H groups in total. The van der Waals surface area contributed by atoms with Crippen LogP contribution in [-0.4, -0.2) is 119 Å². The molecular formula is C26H42N2O9. The van der Waals surface area contributed by atoms with Gasteiger partial charge in [-0.15, -0.1) is 0 Å². The van der Waals surface area contributed by atoms with Gasteiger partial charge in [0.2, 0.25) is 0 Å². The van der Waals surface area contributed by atoms with Crippen molar-refractivity contribution in [2.45, 2.75) is 33.0 Å². The molecule has 11 nitrogen and oxygen atoms in total. The number of rotatable bonds is 16. The highest BCUT2D eigenvalue weighted by Gasteiger charge is 2.25. The fourth-order valence-electron chi connectivity index (χ4n) is 3.53. The number of hydrogen-bond donors (Lipinski definition) is 1. The van der Waals surface area contributed by atoms with Gasteiger partial charge in [-0.2, -0.15) is 0 Å². The minimum Gasteiger partial charge on any atom is -0.496 e. The standard InChI is InChI=1S/C26H42N2O9/c1-26(2,3)37-25(31)28-9-7-27(8-10-28)11-12-33-13-14-34-15-16-35-17-18-36-20-21-5-6-22(24(29)30)23(19-21)32-4/h5-6,19H,7-18,20H2,1-4H3,(H,29,30). The molecule has 1 fully saturated rings. The Kier molecular flexibility index (Phi) is 13.7. The van der Waals surface area contributed by atoms with E-state index in [2.05, 4.69) is 4.90 Å². The average molecular weight is 527 g/mol. The van der Waals surface area contributed by atoms with Crippen LogP contribution in [0.1, 0.15) is 36.7 Å². The molecule has 1 aromatic rings. The van der Waals surface area contributed by atoms with Gasteiger partial charge in [0.05, 0.1) is 60.0 Å². The van der Waals surface area contributed by atoms with E-state index in [9.17, 15) is 9.59 Å². The highest BCUT2D eigenvalue weighted by atomic mass is 16.6. The molecule has 1 aliphatic rings. The Morgan fingerprint density at radius 3 is 1.97 bits per heavy atom. The average Bonchev–Trinajstić information content (AvgIpc) is 2.85. The van der Waals surface area contributed by atoms with Gasteiger partial charge in [-0.25, -0.2) is 9.59 Å². The zero-order chi connectivity index (χ0) is 27.1. The number of amides is 1. The number of carboxylic acids is 1. The second-order valence-corrected chi connectivity index (χ2v) is 9.54. The first kappa shape index (κ1) is 30.8. The minimum atomic E-state index is -1.03. The lowest BCUT2D eigenvalue weighted by molar-refractivity contribution is -0.00857. The molecule has 0 spiro atoms. The summed E-state index contributed by atoms with van der Waals surface area (Å²) in [6, 6.07) is 4.87. The fraction of sp³-hybridized carbons (Fsp3) is 0.692. The van der Waals surface area contributed by atoms with Crippen molar-refractivity contribution >= 4 is 12.1 Å². The van der Waals surface area contributed by atoms with Gasteiger partial charge in [0.25, 0.3) is 0 Å². The van der Waals surface area contributed by atoms with Gasteiger partial charge in [0.1, 0.15) is 16.9 Å². The third kappa shape index (κ3) is 12.6. The summed E-state index contributed by atoms with van der Waals surface area (Å²) in [7, 11) is 1.44. The van der Waals surface area contributed by atoms with Crippen LogP contribution >= 0.6 is 0 Å². The quantitative estimate of drug-likeness (QED) is 0.322. The maximum atomic E-state index is 12.1. The van der Waals surface area contributed by atoms with Crippen LogP contribution in [0, 0.1) is 0 Å². The molecule has 1 amide bonds. The number of benzene rings is 1. The van der Waals surface area contributed by atoms with Crippen molar-refractivity contribution < 1.29 is 43.1 Å². The summed E-state index contributed by atoms with van der Waals surface area (Å²) in [4.78, 5) is 27.3. The Morgan fingerprint density at radius 1 is 0.865 bits per heavy atom. The number of nitrogens with zero attached hydrogens (tertiary/aromatic N) is 2. The molecule has 37 heavy (non-hydrogen) atoms. The summed E-state index contributed by atoms with van der Waals surface area (Å²) in [6.45, 7) is 13.2. The van der Waals surface area contributed by atoms with Crippen LogP contribution in [-0.2, 0) is 30.3 Å². The van der Waals surface area contributed by atoms with E-state index in [0.717, 1.165) is 25.2 Å². The number of ether oxygens (including phenoxy) is 6. The van der Waals surface area contributed by atoms with Gasteiger partial charge in [-0.1, -0.05) is 6.07 Å². The molecule has 0 bridgehead atoms. The summed E-state index contributed by atoms with van der Waals surface area (Å²) in [6.07, 6.45) is -0.247. The molecular weight excluding hydrogens is 484 g/mol. The Morgan fingerprint density at radius 2 is 1.43 bits per heavy atom. The molecule has 0 aliphatic carbocycles. The van der Waals surface area contributed by atoms with E-state index in [1.165, 1.54) is 13.2 Å². The van der Waals surface area contributed by atoms with Crippen LogP contribution in [0.2, 0.25) is 0 Å². The summed E-state index contributed by atoms with van der Waals surface area (Å²) < 4.78 is 32.7. The molecule has 1 saturated heterocycles. The topological polar surface area (TPSA) is 116 Å². The molecule has 0 aromatic heterocycles. The Bertz CT molecular complexity index is 821. The molecule has 2 rings (SSSR count). The second-order valence-electron chi connectivity index (χ2n) is 9.54. The van der Waals surface area contributed by atoms with Crippen molar-refractivity contribution in [1.29, 1.82) is 0 Å². The third-order valence-corrected chi connectivity index (χ3v) is 5.46. The summed E-state index contributed by atoms with van der Waals surface area (Å²) in [5, 5.41) is 9.11.